The van der Waals surface area contributed by atoms with E-state index in [1.54, 1.807) is 44.5 Å². The number of nitrogens with one attached hydrogen (secondary N) is 3. The highest BCUT2D eigenvalue weighted by Gasteiger charge is 2.44. The van der Waals surface area contributed by atoms with Crippen LogP contribution < -0.4 is 15.4 Å². The lowest BCUT2D eigenvalue weighted by Crippen LogP contribution is -2.61. The van der Waals surface area contributed by atoms with E-state index in [0.29, 0.717) is 34.2 Å². The number of likely N-dealkylation sites (N-methyl/N-ethyl adjacent to an activating group) is 1. The molecular formula is C27H31N7O4S. The molecule has 0 aliphatic carbocycles. The lowest BCUT2D eigenvalue weighted by atomic mass is 9.99. The van der Waals surface area contributed by atoms with Gasteiger partial charge in [0, 0.05) is 32.4 Å². The average molecular weight is 550 g/mol. The van der Waals surface area contributed by atoms with Crippen molar-refractivity contribution < 1.29 is 18.3 Å². The van der Waals surface area contributed by atoms with Gasteiger partial charge in [-0.15, -0.1) is 0 Å². The highest BCUT2D eigenvalue weighted by Crippen LogP contribution is 2.36. The lowest BCUT2D eigenvalue weighted by molar-refractivity contribution is -0.0426. The van der Waals surface area contributed by atoms with Crippen molar-refractivity contribution in [1.82, 2.24) is 24.2 Å². The molecule has 0 atom stereocenters. The van der Waals surface area contributed by atoms with Crippen LogP contribution in [0.15, 0.2) is 53.6 Å². The van der Waals surface area contributed by atoms with E-state index in [0.717, 1.165) is 25.2 Å². The molecule has 0 spiro atoms. The van der Waals surface area contributed by atoms with Gasteiger partial charge in [-0.05, 0) is 61.9 Å². The number of para-hydroxylation sites is 1. The SMILES string of the molecule is COc1cc2c(cc1Nc1nc(Nc3ccccc3S(=O)(=O)N3CC(C)(O)C3)c3cc[nH]c3n1)CN(C)CC2. The van der Waals surface area contributed by atoms with Crippen molar-refractivity contribution in [1.29, 1.82) is 0 Å². The number of ether oxygens (including phenoxy) is 1. The molecule has 4 heterocycles. The van der Waals surface area contributed by atoms with E-state index in [4.69, 9.17) is 9.72 Å². The Labute approximate surface area is 226 Å². The second-order valence-electron chi connectivity index (χ2n) is 10.5. The maximum Gasteiger partial charge on any atom is 0.245 e. The Balaban J connectivity index is 1.35. The standard InChI is InChI=1S/C27H31N7O4S/c1-27(35)15-34(16-27)39(36,37)23-7-5-4-6-20(23)29-25-19-8-10-28-24(19)31-26(32-25)30-21-12-18-14-33(2)11-9-17(18)13-22(21)38-3/h4-8,10,12-13,35H,9,11,14-16H2,1-3H3,(H3,28,29,30,31,32). The first-order valence-electron chi connectivity index (χ1n) is 12.7. The Morgan fingerprint density at radius 2 is 1.87 bits per heavy atom. The smallest absolute Gasteiger partial charge is 0.245 e. The minimum Gasteiger partial charge on any atom is -0.495 e. The summed E-state index contributed by atoms with van der Waals surface area (Å²) < 4.78 is 33.6. The van der Waals surface area contributed by atoms with Crippen molar-refractivity contribution in [3.63, 3.8) is 0 Å². The number of anilines is 4. The van der Waals surface area contributed by atoms with Crippen LogP contribution in [0.25, 0.3) is 11.0 Å². The van der Waals surface area contributed by atoms with Crippen molar-refractivity contribution in [2.24, 2.45) is 0 Å². The number of methoxy groups -OCH3 is 1. The molecule has 2 aromatic heterocycles. The van der Waals surface area contributed by atoms with E-state index in [-0.39, 0.29) is 18.0 Å². The quantitative estimate of drug-likeness (QED) is 0.274. The summed E-state index contributed by atoms with van der Waals surface area (Å²) in [5.41, 5.74) is 3.18. The van der Waals surface area contributed by atoms with Gasteiger partial charge in [0.25, 0.3) is 0 Å². The minimum absolute atomic E-state index is 0.0473. The number of fused-ring (bicyclic) bond motifs is 2. The molecule has 11 nitrogen and oxygen atoms in total. The van der Waals surface area contributed by atoms with Gasteiger partial charge in [0.2, 0.25) is 16.0 Å². The highest BCUT2D eigenvalue weighted by molar-refractivity contribution is 7.89. The predicted molar refractivity (Wildman–Crippen MR) is 149 cm³/mol. The highest BCUT2D eigenvalue weighted by atomic mass is 32.2. The predicted octanol–water partition coefficient (Wildman–Crippen LogP) is 3.20. The summed E-state index contributed by atoms with van der Waals surface area (Å²) in [6.07, 6.45) is 2.72. The van der Waals surface area contributed by atoms with Crippen molar-refractivity contribution in [3.05, 3.63) is 59.8 Å². The van der Waals surface area contributed by atoms with E-state index in [2.05, 4.69) is 44.7 Å². The molecule has 204 valence electrons. The number of benzene rings is 2. The van der Waals surface area contributed by atoms with Crippen LogP contribution in [0.3, 0.4) is 0 Å². The molecule has 0 bridgehead atoms. The molecule has 2 aliphatic heterocycles. The summed E-state index contributed by atoms with van der Waals surface area (Å²) >= 11 is 0. The molecule has 4 aromatic rings. The largest absolute Gasteiger partial charge is 0.495 e. The Hall–Kier alpha value is -3.71. The molecule has 6 rings (SSSR count). The van der Waals surface area contributed by atoms with Crippen molar-refractivity contribution in [3.8, 4) is 5.75 Å². The maximum atomic E-state index is 13.4. The molecule has 1 saturated heterocycles. The number of H-pyrrole nitrogens is 1. The Kier molecular flexibility index (Phi) is 6.22. The normalized spacial score (nSPS) is 17.4. The van der Waals surface area contributed by atoms with Gasteiger partial charge in [-0.2, -0.15) is 14.3 Å². The fourth-order valence-corrected chi connectivity index (χ4v) is 6.97. The van der Waals surface area contributed by atoms with Gasteiger partial charge in [-0.3, -0.25) is 0 Å². The third-order valence-electron chi connectivity index (χ3n) is 7.18. The van der Waals surface area contributed by atoms with Crippen molar-refractivity contribution >= 4 is 44.2 Å². The summed E-state index contributed by atoms with van der Waals surface area (Å²) in [6.45, 7) is 3.56. The summed E-state index contributed by atoms with van der Waals surface area (Å²) in [5, 5.41) is 17.3. The van der Waals surface area contributed by atoms with E-state index >= 15 is 0 Å². The molecule has 2 aliphatic rings. The third kappa shape index (κ3) is 4.80. The monoisotopic (exact) mass is 549 g/mol. The van der Waals surface area contributed by atoms with Crippen LogP contribution in [0.2, 0.25) is 0 Å². The van der Waals surface area contributed by atoms with Gasteiger partial charge < -0.3 is 30.4 Å². The van der Waals surface area contributed by atoms with E-state index < -0.39 is 15.6 Å². The lowest BCUT2D eigenvalue weighted by Gasteiger charge is -2.43. The van der Waals surface area contributed by atoms with E-state index in [1.807, 2.05) is 6.07 Å². The van der Waals surface area contributed by atoms with Crippen LogP contribution in [-0.4, -0.2) is 77.1 Å². The second kappa shape index (κ2) is 9.49. The van der Waals surface area contributed by atoms with Crippen LogP contribution in [0.4, 0.5) is 23.1 Å². The molecule has 0 unspecified atom stereocenters. The first-order chi connectivity index (χ1) is 18.6. The molecule has 12 heteroatoms. The van der Waals surface area contributed by atoms with Crippen LogP contribution >= 0.6 is 0 Å². The Bertz CT molecular complexity index is 1660. The zero-order valence-electron chi connectivity index (χ0n) is 22.0. The Morgan fingerprint density at radius 1 is 1.08 bits per heavy atom. The molecular weight excluding hydrogens is 518 g/mol. The molecule has 0 amide bonds. The van der Waals surface area contributed by atoms with Gasteiger partial charge >= 0.3 is 0 Å². The van der Waals surface area contributed by atoms with Crippen LogP contribution in [0.1, 0.15) is 18.1 Å². The van der Waals surface area contributed by atoms with Gasteiger partial charge in [0.05, 0.1) is 29.5 Å². The summed E-state index contributed by atoms with van der Waals surface area (Å²) in [5.74, 6) is 1.47. The number of β-amino-alcohol motifs (C(OH)–C–C–N with tert-alkyl or cyclic N) is 1. The third-order valence-corrected chi connectivity index (χ3v) is 9.03. The second-order valence-corrected chi connectivity index (χ2v) is 12.4. The minimum atomic E-state index is -3.82. The van der Waals surface area contributed by atoms with Crippen LogP contribution in [-0.2, 0) is 23.0 Å². The molecule has 2 aromatic carbocycles. The molecule has 0 radical (unpaired) electrons. The number of aromatic nitrogens is 3. The number of rotatable bonds is 7. The first-order valence-corrected chi connectivity index (χ1v) is 14.2. The first kappa shape index (κ1) is 25.6. The summed E-state index contributed by atoms with van der Waals surface area (Å²) in [7, 11) is -0.0837. The van der Waals surface area contributed by atoms with Gasteiger partial charge in [-0.25, -0.2) is 8.42 Å². The van der Waals surface area contributed by atoms with Gasteiger partial charge in [0.1, 0.15) is 22.1 Å². The summed E-state index contributed by atoms with van der Waals surface area (Å²) in [4.78, 5) is 14.9. The average Bonchev–Trinajstić information content (AvgIpc) is 3.36. The number of sulfonamides is 1. The van der Waals surface area contributed by atoms with Gasteiger partial charge in [-0.1, -0.05) is 12.1 Å². The number of nitrogens with zero attached hydrogens (tertiary/aromatic N) is 4. The fourth-order valence-electron chi connectivity index (χ4n) is 5.15. The number of hydrogen-bond donors (Lipinski definition) is 4. The molecule has 0 saturated carbocycles. The Morgan fingerprint density at radius 3 is 2.64 bits per heavy atom. The van der Waals surface area contributed by atoms with Gasteiger partial charge in [0.15, 0.2) is 0 Å². The number of hydrogen-bond acceptors (Lipinski definition) is 9. The zero-order valence-corrected chi connectivity index (χ0v) is 22.8. The molecule has 4 N–H and O–H groups in total. The summed E-state index contributed by atoms with van der Waals surface area (Å²) in [6, 6.07) is 12.6. The van der Waals surface area contributed by atoms with Crippen molar-refractivity contribution in [2.45, 2.75) is 30.4 Å². The molecule has 1 fully saturated rings. The number of aromatic amines is 1. The fraction of sp³-hybridized carbons (Fsp3) is 0.333. The maximum absolute atomic E-state index is 13.4. The van der Waals surface area contributed by atoms with Crippen LogP contribution in [0.5, 0.6) is 5.75 Å². The topological polar surface area (TPSA) is 136 Å². The number of aliphatic hydroxyl groups is 1. The van der Waals surface area contributed by atoms with Crippen molar-refractivity contribution in [2.75, 3.05) is 44.4 Å². The zero-order chi connectivity index (χ0) is 27.4. The van der Waals surface area contributed by atoms with E-state index in [1.165, 1.54) is 15.4 Å². The van der Waals surface area contributed by atoms with Crippen LogP contribution in [0, 0.1) is 0 Å². The van der Waals surface area contributed by atoms with E-state index in [9.17, 15) is 13.5 Å². The molecule has 39 heavy (non-hydrogen) atoms.